The highest BCUT2D eigenvalue weighted by atomic mass is 19.4. The van der Waals surface area contributed by atoms with Crippen molar-refractivity contribution < 1.29 is 17.6 Å². The lowest BCUT2D eigenvalue weighted by atomic mass is 9.64. The van der Waals surface area contributed by atoms with Crippen LogP contribution in [0.3, 0.4) is 0 Å². The molecule has 11 heteroatoms. The number of halogens is 4. The molecular formula is C23H19F4N7. The Morgan fingerprint density at radius 1 is 0.853 bits per heavy atom. The molecule has 0 saturated carbocycles. The predicted molar refractivity (Wildman–Crippen MR) is 116 cm³/mol. The normalized spacial score (nSPS) is 12.9. The Hall–Kier alpha value is -3.99. The Balaban J connectivity index is 2.12. The highest BCUT2D eigenvalue weighted by molar-refractivity contribution is 5.52. The number of aromatic nitrogens is 5. The fraction of sp³-hybridized carbons (Fsp3) is 0.174. The molecule has 4 rings (SSSR count). The number of hydrogen-bond acceptors (Lipinski definition) is 7. The maximum absolute atomic E-state index is 15.4. The first-order valence-corrected chi connectivity index (χ1v) is 10.1. The molecule has 0 saturated heterocycles. The quantitative estimate of drug-likeness (QED) is 0.315. The van der Waals surface area contributed by atoms with E-state index in [1.807, 2.05) is 0 Å². The molecule has 0 amide bonds. The van der Waals surface area contributed by atoms with Gasteiger partial charge in [0.25, 0.3) is 0 Å². The second-order valence-electron chi connectivity index (χ2n) is 7.40. The molecule has 0 radical (unpaired) electrons. The zero-order valence-electron chi connectivity index (χ0n) is 17.6. The predicted octanol–water partition coefficient (Wildman–Crippen LogP) is 3.61. The first-order valence-electron chi connectivity index (χ1n) is 10.1. The van der Waals surface area contributed by atoms with Gasteiger partial charge in [-0.25, -0.2) is 15.0 Å². The molecule has 0 aliphatic heterocycles. The second kappa shape index (κ2) is 9.48. The minimum Gasteiger partial charge on any atom is -0.368 e. The van der Waals surface area contributed by atoms with Gasteiger partial charge in [0.15, 0.2) is 0 Å². The molecule has 4 aromatic rings. The molecule has 7 nitrogen and oxygen atoms in total. The Bertz CT molecular complexity index is 1200. The van der Waals surface area contributed by atoms with Crippen LogP contribution in [0.2, 0.25) is 0 Å². The maximum Gasteiger partial charge on any atom is 0.401 e. The number of nitrogens with zero attached hydrogens (tertiary/aromatic N) is 5. The van der Waals surface area contributed by atoms with Crippen molar-refractivity contribution in [2.24, 2.45) is 0 Å². The van der Waals surface area contributed by atoms with Gasteiger partial charge in [-0.05, 0) is 35.4 Å². The molecule has 174 valence electrons. The summed E-state index contributed by atoms with van der Waals surface area (Å²) in [4.78, 5) is 20.2. The lowest BCUT2D eigenvalue weighted by molar-refractivity contribution is -0.127. The summed E-state index contributed by atoms with van der Waals surface area (Å²) < 4.78 is 55.8. The molecule has 4 aromatic heterocycles. The summed E-state index contributed by atoms with van der Waals surface area (Å²) in [6, 6.07) is 9.67. The van der Waals surface area contributed by atoms with Crippen molar-refractivity contribution in [1.29, 1.82) is 0 Å². The molecule has 1 atom stereocenters. The van der Waals surface area contributed by atoms with E-state index in [0.717, 1.165) is 0 Å². The van der Waals surface area contributed by atoms with E-state index in [1.54, 1.807) is 24.3 Å². The average Bonchev–Trinajstić information content (AvgIpc) is 2.83. The lowest BCUT2D eigenvalue weighted by Gasteiger charge is -2.42. The number of pyridine rings is 3. The van der Waals surface area contributed by atoms with Crippen molar-refractivity contribution in [3.63, 3.8) is 0 Å². The largest absolute Gasteiger partial charge is 0.401 e. The fourth-order valence-electron chi connectivity index (χ4n) is 4.09. The van der Waals surface area contributed by atoms with Crippen molar-refractivity contribution in [3.05, 3.63) is 108 Å². The minimum atomic E-state index is -4.57. The third-order valence-electron chi connectivity index (χ3n) is 5.35. The van der Waals surface area contributed by atoms with Crippen LogP contribution in [-0.2, 0) is 5.41 Å². The van der Waals surface area contributed by atoms with Gasteiger partial charge in [0, 0.05) is 42.7 Å². The lowest BCUT2D eigenvalue weighted by Crippen LogP contribution is -2.47. The van der Waals surface area contributed by atoms with E-state index in [-0.39, 0.29) is 17.2 Å². The van der Waals surface area contributed by atoms with Crippen LogP contribution >= 0.6 is 0 Å². The molecule has 0 aromatic carbocycles. The standard InChI is InChI=1S/C23H19F4N7/c24-20-17(6-3-10-31-20)23(15-4-1-8-29-12-15,16-5-2-9-30-13-16)19(33-14-22(25,26)27)18-7-11-32-21(28)34-18/h1-13,19,33H,14H2,(H2,28,32,34). The zero-order chi connectivity index (χ0) is 24.2. The number of rotatable bonds is 7. The van der Waals surface area contributed by atoms with Crippen LogP contribution < -0.4 is 11.1 Å². The van der Waals surface area contributed by atoms with Gasteiger partial charge in [0.05, 0.1) is 23.7 Å². The number of alkyl halides is 3. The fourth-order valence-corrected chi connectivity index (χ4v) is 4.09. The Morgan fingerprint density at radius 2 is 1.50 bits per heavy atom. The summed E-state index contributed by atoms with van der Waals surface area (Å²) in [5.74, 6) is -1.01. The van der Waals surface area contributed by atoms with E-state index in [9.17, 15) is 13.2 Å². The third kappa shape index (κ3) is 4.55. The molecule has 0 bridgehead atoms. The number of nitrogen functional groups attached to an aromatic ring is 1. The van der Waals surface area contributed by atoms with E-state index >= 15 is 4.39 Å². The van der Waals surface area contributed by atoms with Gasteiger partial charge in [0.1, 0.15) is 0 Å². The minimum absolute atomic E-state index is 0.00728. The van der Waals surface area contributed by atoms with Crippen molar-refractivity contribution in [2.75, 3.05) is 12.3 Å². The van der Waals surface area contributed by atoms with Crippen LogP contribution in [0.1, 0.15) is 28.4 Å². The van der Waals surface area contributed by atoms with Gasteiger partial charge in [-0.1, -0.05) is 18.2 Å². The summed E-state index contributed by atoms with van der Waals surface area (Å²) in [6.45, 7) is -1.38. The second-order valence-corrected chi connectivity index (χ2v) is 7.40. The summed E-state index contributed by atoms with van der Waals surface area (Å²) in [6.07, 6.45) is 3.97. The van der Waals surface area contributed by atoms with Crippen LogP contribution in [0.25, 0.3) is 0 Å². The van der Waals surface area contributed by atoms with Crippen LogP contribution in [-0.4, -0.2) is 37.6 Å². The SMILES string of the molecule is Nc1nccc(C(NCC(F)(F)F)C(c2cccnc2)(c2cccnc2)c2cccnc2F)n1. The molecule has 0 spiro atoms. The molecule has 0 aliphatic carbocycles. The molecule has 0 fully saturated rings. The Morgan fingerprint density at radius 3 is 2.03 bits per heavy atom. The summed E-state index contributed by atoms with van der Waals surface area (Å²) in [5, 5.41) is 2.55. The maximum atomic E-state index is 15.4. The van der Waals surface area contributed by atoms with Gasteiger partial charge in [-0.3, -0.25) is 15.3 Å². The molecule has 1 unspecified atom stereocenters. The van der Waals surface area contributed by atoms with E-state index in [0.29, 0.717) is 11.1 Å². The van der Waals surface area contributed by atoms with Crippen molar-refractivity contribution in [2.45, 2.75) is 17.6 Å². The van der Waals surface area contributed by atoms with Crippen molar-refractivity contribution in [1.82, 2.24) is 30.2 Å². The van der Waals surface area contributed by atoms with Gasteiger partial charge in [-0.2, -0.15) is 17.6 Å². The van der Waals surface area contributed by atoms with Gasteiger partial charge in [0.2, 0.25) is 11.9 Å². The molecule has 0 aliphatic rings. The van der Waals surface area contributed by atoms with Gasteiger partial charge in [-0.15, -0.1) is 0 Å². The Kier molecular flexibility index (Phi) is 6.46. The zero-order valence-corrected chi connectivity index (χ0v) is 17.6. The van der Waals surface area contributed by atoms with E-state index in [1.165, 1.54) is 55.4 Å². The van der Waals surface area contributed by atoms with E-state index < -0.39 is 30.1 Å². The highest BCUT2D eigenvalue weighted by Gasteiger charge is 2.49. The summed E-state index contributed by atoms with van der Waals surface area (Å²) in [5.41, 5.74) is 5.08. The number of nitrogens with two attached hydrogens (primary N) is 1. The molecule has 4 heterocycles. The van der Waals surface area contributed by atoms with Crippen LogP contribution in [0.5, 0.6) is 0 Å². The number of nitrogens with one attached hydrogen (secondary N) is 1. The highest BCUT2D eigenvalue weighted by Crippen LogP contribution is 2.48. The first kappa shape index (κ1) is 23.2. The summed E-state index contributed by atoms with van der Waals surface area (Å²) in [7, 11) is 0. The van der Waals surface area contributed by atoms with E-state index in [2.05, 4.69) is 30.2 Å². The molecule has 3 N–H and O–H groups in total. The first-order chi connectivity index (χ1) is 16.3. The van der Waals surface area contributed by atoms with Crippen LogP contribution in [0.4, 0.5) is 23.5 Å². The van der Waals surface area contributed by atoms with E-state index in [4.69, 9.17) is 5.73 Å². The summed E-state index contributed by atoms with van der Waals surface area (Å²) >= 11 is 0. The molecule has 34 heavy (non-hydrogen) atoms. The Labute approximate surface area is 192 Å². The van der Waals surface area contributed by atoms with Crippen molar-refractivity contribution >= 4 is 5.95 Å². The smallest absolute Gasteiger partial charge is 0.368 e. The average molecular weight is 469 g/mol. The van der Waals surface area contributed by atoms with Crippen molar-refractivity contribution in [3.8, 4) is 0 Å². The number of anilines is 1. The van der Waals surface area contributed by atoms with Gasteiger partial charge >= 0.3 is 6.18 Å². The monoisotopic (exact) mass is 469 g/mol. The van der Waals surface area contributed by atoms with Gasteiger partial charge < -0.3 is 5.73 Å². The number of hydrogen-bond donors (Lipinski definition) is 2. The topological polar surface area (TPSA) is 102 Å². The third-order valence-corrected chi connectivity index (χ3v) is 5.35. The van der Waals surface area contributed by atoms with Crippen LogP contribution in [0.15, 0.2) is 79.6 Å². The molecular weight excluding hydrogens is 450 g/mol. The van der Waals surface area contributed by atoms with Crippen LogP contribution in [0, 0.1) is 5.95 Å².